The Morgan fingerprint density at radius 2 is 2.14 bits per heavy atom. The van der Waals surface area contributed by atoms with Crippen LogP contribution < -0.4 is 0 Å². The van der Waals surface area contributed by atoms with Gasteiger partial charge in [-0.2, -0.15) is 0 Å². The van der Waals surface area contributed by atoms with Crippen molar-refractivity contribution in [3.05, 3.63) is 39.8 Å². The summed E-state index contributed by atoms with van der Waals surface area (Å²) in [7, 11) is 0. The third kappa shape index (κ3) is 3.51. The molecule has 0 bridgehead atoms. The largest absolute Gasteiger partial charge is 0.480 e. The number of carbonyl (C=O) groups is 2. The molecular weight excluding hydrogens is 342 g/mol. The minimum atomic E-state index is -1.06. The van der Waals surface area contributed by atoms with E-state index in [1.165, 1.54) is 4.90 Å². The van der Waals surface area contributed by atoms with Crippen LogP contribution in [0.3, 0.4) is 0 Å². The minimum absolute atomic E-state index is 0.245. The summed E-state index contributed by atoms with van der Waals surface area (Å²) in [5, 5.41) is 9.92. The van der Waals surface area contributed by atoms with Gasteiger partial charge in [-0.05, 0) is 29.7 Å². The van der Waals surface area contributed by atoms with Crippen LogP contribution >= 0.6 is 35.6 Å². The van der Waals surface area contributed by atoms with Crippen molar-refractivity contribution in [2.45, 2.75) is 19.9 Å². The van der Waals surface area contributed by atoms with Crippen LogP contribution in [0.15, 0.2) is 29.2 Å². The van der Waals surface area contributed by atoms with Crippen LogP contribution in [0, 0.1) is 5.92 Å². The molecule has 1 amide bonds. The molecule has 116 valence electrons. The summed E-state index contributed by atoms with van der Waals surface area (Å²) in [5.74, 6) is -1.68. The first kappa shape index (κ1) is 17.0. The molecule has 0 radical (unpaired) electrons. The van der Waals surface area contributed by atoms with Crippen LogP contribution in [0.4, 0.5) is 0 Å². The zero-order chi connectivity index (χ0) is 16.4. The molecule has 1 aliphatic rings. The first-order valence-corrected chi connectivity index (χ1v) is 8.17. The second kappa shape index (κ2) is 6.81. The fraction of sp³-hybridized carbons (Fsp3) is 0.267. The van der Waals surface area contributed by atoms with Gasteiger partial charge in [0.05, 0.1) is 4.91 Å². The number of halogens is 1. The number of nitrogens with zero attached hydrogens (tertiary/aromatic N) is 1. The molecule has 7 heteroatoms. The zero-order valence-electron chi connectivity index (χ0n) is 11.9. The van der Waals surface area contributed by atoms with E-state index in [2.05, 4.69) is 0 Å². The van der Waals surface area contributed by atoms with E-state index in [1.54, 1.807) is 38.1 Å². The molecule has 1 saturated heterocycles. The lowest BCUT2D eigenvalue weighted by molar-refractivity contribution is -0.146. The van der Waals surface area contributed by atoms with E-state index in [4.69, 9.17) is 23.8 Å². The lowest BCUT2D eigenvalue weighted by Gasteiger charge is -2.26. The topological polar surface area (TPSA) is 57.6 Å². The van der Waals surface area contributed by atoms with Gasteiger partial charge >= 0.3 is 5.97 Å². The van der Waals surface area contributed by atoms with Gasteiger partial charge in [0.25, 0.3) is 5.91 Å². The second-order valence-corrected chi connectivity index (χ2v) is 7.25. The zero-order valence-corrected chi connectivity index (χ0v) is 14.3. The van der Waals surface area contributed by atoms with Crippen molar-refractivity contribution in [2.24, 2.45) is 5.92 Å². The van der Waals surface area contributed by atoms with Gasteiger partial charge in [0.1, 0.15) is 10.4 Å². The maximum absolute atomic E-state index is 12.5. The monoisotopic (exact) mass is 355 g/mol. The van der Waals surface area contributed by atoms with Gasteiger partial charge in [0, 0.05) is 5.02 Å². The molecule has 1 heterocycles. The number of hydrogen-bond donors (Lipinski definition) is 1. The van der Waals surface area contributed by atoms with Gasteiger partial charge in [-0.3, -0.25) is 9.69 Å². The lowest BCUT2D eigenvalue weighted by atomic mass is 10.0. The summed E-state index contributed by atoms with van der Waals surface area (Å²) >= 11 is 12.2. The highest BCUT2D eigenvalue weighted by Crippen LogP contribution is 2.35. The summed E-state index contributed by atoms with van der Waals surface area (Å²) in [5.41, 5.74) is 0.768. The predicted molar refractivity (Wildman–Crippen MR) is 92.7 cm³/mol. The Balaban J connectivity index is 2.34. The molecule has 0 spiro atoms. The Kier molecular flexibility index (Phi) is 5.26. The van der Waals surface area contributed by atoms with Crippen molar-refractivity contribution >= 4 is 57.9 Å². The highest BCUT2D eigenvalue weighted by atomic mass is 35.5. The van der Waals surface area contributed by atoms with E-state index in [1.807, 2.05) is 6.07 Å². The maximum Gasteiger partial charge on any atom is 0.327 e. The molecule has 0 unspecified atom stereocenters. The molecule has 1 aliphatic heterocycles. The van der Waals surface area contributed by atoms with Crippen molar-refractivity contribution in [3.8, 4) is 0 Å². The fourth-order valence-electron chi connectivity index (χ4n) is 2.16. The summed E-state index contributed by atoms with van der Waals surface area (Å²) in [4.78, 5) is 25.5. The number of thioether (sulfide) groups is 1. The number of hydrogen-bond acceptors (Lipinski definition) is 4. The SMILES string of the molecule is CC(C)[C@H](C(=O)O)N1C(=O)/C(=C/c2cccc(Cl)c2)SC1=S. The minimum Gasteiger partial charge on any atom is -0.480 e. The molecule has 1 aromatic carbocycles. The normalized spacial score (nSPS) is 18.4. The molecule has 0 aromatic heterocycles. The lowest BCUT2D eigenvalue weighted by Crippen LogP contribution is -2.47. The highest BCUT2D eigenvalue weighted by molar-refractivity contribution is 8.26. The first-order chi connectivity index (χ1) is 10.3. The number of amides is 1. The predicted octanol–water partition coefficient (Wildman–Crippen LogP) is 3.65. The van der Waals surface area contributed by atoms with Crippen molar-refractivity contribution in [2.75, 3.05) is 0 Å². The summed E-state index contributed by atoms with van der Waals surface area (Å²) in [6.45, 7) is 3.50. The number of benzene rings is 1. The van der Waals surface area contributed by atoms with Crippen LogP contribution in [-0.2, 0) is 9.59 Å². The standard InChI is InChI=1S/C15H14ClNO3S2/c1-8(2)12(14(19)20)17-13(18)11(22-15(17)21)7-9-4-3-5-10(16)6-9/h3-8,12H,1-2H3,(H,19,20)/b11-7-/t12-/m1/s1. The number of thiocarbonyl (C=S) groups is 1. The van der Waals surface area contributed by atoms with Gasteiger partial charge in [0.15, 0.2) is 0 Å². The third-order valence-corrected chi connectivity index (χ3v) is 4.70. The smallest absolute Gasteiger partial charge is 0.327 e. The Hall–Kier alpha value is -1.37. The van der Waals surface area contributed by atoms with Gasteiger partial charge < -0.3 is 5.11 Å². The Morgan fingerprint density at radius 3 is 2.68 bits per heavy atom. The van der Waals surface area contributed by atoms with Gasteiger partial charge in [-0.25, -0.2) is 4.79 Å². The molecular formula is C15H14ClNO3S2. The number of carbonyl (C=O) groups excluding carboxylic acids is 1. The Bertz CT molecular complexity index is 673. The number of carboxylic acid groups (broad SMARTS) is 1. The Morgan fingerprint density at radius 1 is 1.45 bits per heavy atom. The molecule has 1 atom stereocenters. The summed E-state index contributed by atoms with van der Waals surface area (Å²) in [6.07, 6.45) is 1.67. The van der Waals surface area contributed by atoms with Crippen LogP contribution in [0.5, 0.6) is 0 Å². The molecule has 1 N–H and O–H groups in total. The van der Waals surface area contributed by atoms with Crippen LogP contribution in [-0.4, -0.2) is 32.2 Å². The van der Waals surface area contributed by atoms with Crippen molar-refractivity contribution < 1.29 is 14.7 Å². The molecule has 4 nitrogen and oxygen atoms in total. The van der Waals surface area contributed by atoms with E-state index < -0.39 is 12.0 Å². The van der Waals surface area contributed by atoms with Crippen LogP contribution in [0.2, 0.25) is 5.02 Å². The number of carboxylic acids is 1. The van der Waals surface area contributed by atoms with Crippen molar-refractivity contribution in [3.63, 3.8) is 0 Å². The van der Waals surface area contributed by atoms with E-state index in [0.29, 0.717) is 9.93 Å². The average molecular weight is 356 g/mol. The molecule has 1 aromatic rings. The molecule has 2 rings (SSSR count). The van der Waals surface area contributed by atoms with Gasteiger partial charge in [-0.1, -0.05) is 61.6 Å². The van der Waals surface area contributed by atoms with E-state index in [0.717, 1.165) is 17.3 Å². The van der Waals surface area contributed by atoms with Crippen molar-refractivity contribution in [1.29, 1.82) is 0 Å². The van der Waals surface area contributed by atoms with E-state index in [-0.39, 0.29) is 16.1 Å². The maximum atomic E-state index is 12.5. The Labute approximate surface area is 143 Å². The molecule has 1 fully saturated rings. The van der Waals surface area contributed by atoms with Crippen LogP contribution in [0.1, 0.15) is 19.4 Å². The summed E-state index contributed by atoms with van der Waals surface area (Å²) in [6, 6.07) is 6.10. The molecule has 0 saturated carbocycles. The van der Waals surface area contributed by atoms with E-state index in [9.17, 15) is 14.7 Å². The third-order valence-electron chi connectivity index (χ3n) is 3.13. The quantitative estimate of drug-likeness (QED) is 0.660. The summed E-state index contributed by atoms with van der Waals surface area (Å²) < 4.78 is 0.263. The van der Waals surface area contributed by atoms with Gasteiger partial charge in [-0.15, -0.1) is 0 Å². The highest BCUT2D eigenvalue weighted by Gasteiger charge is 2.41. The van der Waals surface area contributed by atoms with Gasteiger partial charge in [0.2, 0.25) is 0 Å². The fourth-order valence-corrected chi connectivity index (χ4v) is 3.69. The van der Waals surface area contributed by atoms with Crippen molar-refractivity contribution in [1.82, 2.24) is 4.90 Å². The van der Waals surface area contributed by atoms with Crippen LogP contribution in [0.25, 0.3) is 6.08 Å². The average Bonchev–Trinajstić information content (AvgIpc) is 2.66. The molecule has 0 aliphatic carbocycles. The number of aliphatic carboxylic acids is 1. The van der Waals surface area contributed by atoms with E-state index >= 15 is 0 Å². The number of rotatable bonds is 4. The first-order valence-electron chi connectivity index (χ1n) is 6.56. The molecule has 22 heavy (non-hydrogen) atoms. The second-order valence-electron chi connectivity index (χ2n) is 5.13.